The molecule has 0 aliphatic rings. The third-order valence-electron chi connectivity index (χ3n) is 2.73. The molecular weight excluding hydrogens is 204 g/mol. The highest BCUT2D eigenvalue weighted by Crippen LogP contribution is 2.01. The molecule has 2 N–H and O–H groups in total. The summed E-state index contributed by atoms with van der Waals surface area (Å²) in [4.78, 5) is 11.6. The van der Waals surface area contributed by atoms with E-state index in [1.54, 1.807) is 7.11 Å². The molecule has 0 aromatic heterocycles. The highest BCUT2D eigenvalue weighted by atomic mass is 16.5. The van der Waals surface area contributed by atoms with Gasteiger partial charge in [0, 0.05) is 26.3 Å². The second kappa shape index (κ2) is 8.53. The quantitative estimate of drug-likeness (QED) is 0.615. The Morgan fingerprint density at radius 2 is 1.88 bits per heavy atom. The monoisotopic (exact) mass is 230 g/mol. The first-order valence-corrected chi connectivity index (χ1v) is 6.01. The van der Waals surface area contributed by atoms with Crippen LogP contribution in [0.4, 0.5) is 0 Å². The fraction of sp³-hybridized carbons (Fsp3) is 0.917. The van der Waals surface area contributed by atoms with Crippen molar-refractivity contribution in [3.63, 3.8) is 0 Å². The molecule has 0 aromatic rings. The Balaban J connectivity index is 3.73. The number of carbonyl (C=O) groups is 1. The van der Waals surface area contributed by atoms with Crippen molar-refractivity contribution < 1.29 is 9.53 Å². The predicted molar refractivity (Wildman–Crippen MR) is 66.4 cm³/mol. The topological polar surface area (TPSA) is 50.4 Å². The van der Waals surface area contributed by atoms with Crippen LogP contribution < -0.4 is 10.6 Å². The number of methoxy groups -OCH3 is 1. The van der Waals surface area contributed by atoms with Crippen LogP contribution in [0.1, 0.15) is 34.1 Å². The van der Waals surface area contributed by atoms with E-state index in [1.807, 2.05) is 6.92 Å². The van der Waals surface area contributed by atoms with E-state index in [9.17, 15) is 4.79 Å². The van der Waals surface area contributed by atoms with E-state index >= 15 is 0 Å². The van der Waals surface area contributed by atoms with E-state index in [0.29, 0.717) is 25.1 Å². The van der Waals surface area contributed by atoms with Crippen LogP contribution in [0.2, 0.25) is 0 Å². The van der Waals surface area contributed by atoms with Crippen LogP contribution in [0.25, 0.3) is 0 Å². The fourth-order valence-corrected chi connectivity index (χ4v) is 1.24. The van der Waals surface area contributed by atoms with Gasteiger partial charge < -0.3 is 15.4 Å². The highest BCUT2D eigenvalue weighted by molar-refractivity contribution is 5.81. The van der Waals surface area contributed by atoms with Gasteiger partial charge >= 0.3 is 0 Å². The summed E-state index contributed by atoms with van der Waals surface area (Å²) < 4.78 is 4.91. The summed E-state index contributed by atoms with van der Waals surface area (Å²) in [6, 6.07) is 0.208. The second-order valence-electron chi connectivity index (χ2n) is 4.56. The lowest BCUT2D eigenvalue weighted by atomic mass is 10.1. The number of carbonyl (C=O) groups excluding carboxylic acids is 1. The van der Waals surface area contributed by atoms with Gasteiger partial charge in [0.1, 0.15) is 0 Å². The third-order valence-corrected chi connectivity index (χ3v) is 2.73. The third kappa shape index (κ3) is 6.80. The summed E-state index contributed by atoms with van der Waals surface area (Å²) in [5.74, 6) is 0.590. The maximum atomic E-state index is 11.6. The van der Waals surface area contributed by atoms with Gasteiger partial charge in [-0.05, 0) is 26.2 Å². The molecule has 0 saturated heterocycles. The van der Waals surface area contributed by atoms with Crippen LogP contribution in [0.15, 0.2) is 0 Å². The lowest BCUT2D eigenvalue weighted by Gasteiger charge is -2.22. The Bertz CT molecular complexity index is 195. The van der Waals surface area contributed by atoms with Crippen molar-refractivity contribution in [2.75, 3.05) is 20.3 Å². The van der Waals surface area contributed by atoms with Crippen molar-refractivity contribution in [3.8, 4) is 0 Å². The number of hydrogen-bond donors (Lipinski definition) is 2. The van der Waals surface area contributed by atoms with Crippen molar-refractivity contribution in [2.24, 2.45) is 5.92 Å². The Morgan fingerprint density at radius 3 is 2.38 bits per heavy atom. The molecule has 4 nitrogen and oxygen atoms in total. The Labute approximate surface area is 99.1 Å². The smallest absolute Gasteiger partial charge is 0.236 e. The summed E-state index contributed by atoms with van der Waals surface area (Å²) >= 11 is 0. The lowest BCUT2D eigenvalue weighted by molar-refractivity contribution is -0.123. The number of amides is 1. The standard InChI is InChI=1S/C12H26N2O2/c1-9(2)10(3)14-11(4)12(15)13-7-6-8-16-5/h9-11,14H,6-8H2,1-5H3,(H,13,15). The molecule has 0 bridgehead atoms. The molecule has 0 saturated carbocycles. The first kappa shape index (κ1) is 15.4. The van der Waals surface area contributed by atoms with Gasteiger partial charge in [-0.3, -0.25) is 4.79 Å². The largest absolute Gasteiger partial charge is 0.385 e. The summed E-state index contributed by atoms with van der Waals surface area (Å²) in [6.07, 6.45) is 0.856. The molecular formula is C12H26N2O2. The van der Waals surface area contributed by atoms with Crippen molar-refractivity contribution in [2.45, 2.75) is 46.2 Å². The van der Waals surface area contributed by atoms with Crippen LogP contribution in [0, 0.1) is 5.92 Å². The first-order chi connectivity index (χ1) is 7.49. The van der Waals surface area contributed by atoms with Crippen molar-refractivity contribution in [3.05, 3.63) is 0 Å². The summed E-state index contributed by atoms with van der Waals surface area (Å²) in [5.41, 5.74) is 0. The van der Waals surface area contributed by atoms with Gasteiger partial charge in [-0.25, -0.2) is 0 Å². The number of nitrogens with one attached hydrogen (secondary N) is 2. The molecule has 2 atom stereocenters. The molecule has 0 aromatic carbocycles. The van der Waals surface area contributed by atoms with Crippen LogP contribution in [0.5, 0.6) is 0 Å². The Kier molecular flexibility index (Phi) is 8.21. The minimum absolute atomic E-state index is 0.0589. The van der Waals surface area contributed by atoms with E-state index in [2.05, 4.69) is 31.4 Å². The highest BCUT2D eigenvalue weighted by Gasteiger charge is 2.16. The van der Waals surface area contributed by atoms with Crippen LogP contribution >= 0.6 is 0 Å². The van der Waals surface area contributed by atoms with Crippen LogP contribution in [0.3, 0.4) is 0 Å². The zero-order valence-corrected chi connectivity index (χ0v) is 11.2. The molecule has 1 amide bonds. The number of ether oxygens (including phenoxy) is 1. The summed E-state index contributed by atoms with van der Waals surface area (Å²) in [7, 11) is 1.66. The Morgan fingerprint density at radius 1 is 1.25 bits per heavy atom. The molecule has 0 rings (SSSR count). The summed E-state index contributed by atoms with van der Waals surface area (Å²) in [5, 5.41) is 6.16. The minimum atomic E-state index is -0.139. The molecule has 2 unspecified atom stereocenters. The van der Waals surface area contributed by atoms with E-state index in [1.165, 1.54) is 0 Å². The van der Waals surface area contributed by atoms with Gasteiger partial charge in [0.05, 0.1) is 6.04 Å². The second-order valence-corrected chi connectivity index (χ2v) is 4.56. The van der Waals surface area contributed by atoms with Crippen molar-refractivity contribution >= 4 is 5.91 Å². The molecule has 0 aliphatic heterocycles. The van der Waals surface area contributed by atoms with E-state index in [-0.39, 0.29) is 11.9 Å². The van der Waals surface area contributed by atoms with Gasteiger partial charge in [0.25, 0.3) is 0 Å². The van der Waals surface area contributed by atoms with E-state index in [0.717, 1.165) is 6.42 Å². The molecule has 0 fully saturated rings. The van der Waals surface area contributed by atoms with Gasteiger partial charge in [-0.2, -0.15) is 0 Å². The molecule has 16 heavy (non-hydrogen) atoms. The molecule has 0 spiro atoms. The number of rotatable bonds is 8. The summed E-state index contributed by atoms with van der Waals surface area (Å²) in [6.45, 7) is 9.63. The van der Waals surface area contributed by atoms with Gasteiger partial charge in [0.2, 0.25) is 5.91 Å². The number of hydrogen-bond acceptors (Lipinski definition) is 3. The van der Waals surface area contributed by atoms with E-state index in [4.69, 9.17) is 4.74 Å². The predicted octanol–water partition coefficient (Wildman–Crippen LogP) is 1.16. The zero-order chi connectivity index (χ0) is 12.6. The van der Waals surface area contributed by atoms with Crippen LogP contribution in [-0.2, 0) is 9.53 Å². The average Bonchev–Trinajstić information content (AvgIpc) is 2.23. The van der Waals surface area contributed by atoms with E-state index < -0.39 is 0 Å². The molecule has 96 valence electrons. The fourth-order valence-electron chi connectivity index (χ4n) is 1.24. The first-order valence-electron chi connectivity index (χ1n) is 6.01. The van der Waals surface area contributed by atoms with Gasteiger partial charge in [-0.15, -0.1) is 0 Å². The molecule has 0 heterocycles. The normalized spacial score (nSPS) is 14.9. The molecule has 0 radical (unpaired) electrons. The van der Waals surface area contributed by atoms with Gasteiger partial charge in [-0.1, -0.05) is 13.8 Å². The average molecular weight is 230 g/mol. The zero-order valence-electron chi connectivity index (χ0n) is 11.2. The van der Waals surface area contributed by atoms with Crippen LogP contribution in [-0.4, -0.2) is 38.3 Å². The molecule has 4 heteroatoms. The van der Waals surface area contributed by atoms with Crippen molar-refractivity contribution in [1.82, 2.24) is 10.6 Å². The lowest BCUT2D eigenvalue weighted by Crippen LogP contribution is -2.47. The SMILES string of the molecule is COCCCNC(=O)C(C)NC(C)C(C)C. The maximum absolute atomic E-state index is 11.6. The van der Waals surface area contributed by atoms with Crippen molar-refractivity contribution in [1.29, 1.82) is 0 Å². The Hall–Kier alpha value is -0.610. The minimum Gasteiger partial charge on any atom is -0.385 e. The molecule has 0 aliphatic carbocycles. The maximum Gasteiger partial charge on any atom is 0.236 e. The van der Waals surface area contributed by atoms with Gasteiger partial charge in [0.15, 0.2) is 0 Å².